The van der Waals surface area contributed by atoms with Crippen LogP contribution < -0.4 is 5.73 Å². The van der Waals surface area contributed by atoms with Gasteiger partial charge in [0.15, 0.2) is 0 Å². The number of nitrogens with zero attached hydrogens (tertiary/aromatic N) is 1. The largest absolute Gasteiger partial charge is 0.392 e. The lowest BCUT2D eigenvalue weighted by Crippen LogP contribution is -2.53. The Hall–Kier alpha value is -0.640. The summed E-state index contributed by atoms with van der Waals surface area (Å²) in [5, 5.41) is 0. The molecule has 2 N–H and O–H groups in total. The molecular weight excluding hydrogens is 268 g/mol. The third-order valence-electron chi connectivity index (χ3n) is 5.36. The van der Waals surface area contributed by atoms with Crippen molar-refractivity contribution in [3.63, 3.8) is 0 Å². The Morgan fingerprint density at radius 3 is 2.40 bits per heavy atom. The molecule has 4 heteroatoms. The van der Waals surface area contributed by atoms with Gasteiger partial charge in [0.1, 0.15) is 0 Å². The normalized spacial score (nSPS) is 29.7. The number of amides is 1. The molecule has 2 aliphatic rings. The van der Waals surface area contributed by atoms with Crippen LogP contribution in [0.25, 0.3) is 0 Å². The van der Waals surface area contributed by atoms with E-state index in [0.29, 0.717) is 11.0 Å². The van der Waals surface area contributed by atoms with E-state index < -0.39 is 5.41 Å². The molecule has 0 aromatic rings. The van der Waals surface area contributed by atoms with E-state index >= 15 is 0 Å². The third kappa shape index (κ3) is 3.00. The van der Waals surface area contributed by atoms with Gasteiger partial charge in [-0.2, -0.15) is 0 Å². The standard InChI is InChI=1S/C16H28N2OS/c1-12-7-6-8-13(11-12)18(2)15(19)16(14(17)20)9-4-3-5-10-16/h12-13H,3-11H2,1-2H3,(H2,17,20). The van der Waals surface area contributed by atoms with Crippen molar-refractivity contribution in [2.75, 3.05) is 7.05 Å². The minimum absolute atomic E-state index is 0.184. The van der Waals surface area contributed by atoms with Crippen LogP contribution in [0.1, 0.15) is 64.7 Å². The van der Waals surface area contributed by atoms with Crippen LogP contribution in [-0.4, -0.2) is 28.9 Å². The summed E-state index contributed by atoms with van der Waals surface area (Å²) in [6.45, 7) is 2.29. The van der Waals surface area contributed by atoms with Gasteiger partial charge in [-0.25, -0.2) is 0 Å². The minimum Gasteiger partial charge on any atom is -0.392 e. The van der Waals surface area contributed by atoms with E-state index in [0.717, 1.165) is 44.4 Å². The Morgan fingerprint density at radius 1 is 1.20 bits per heavy atom. The minimum atomic E-state index is -0.553. The van der Waals surface area contributed by atoms with Crippen molar-refractivity contribution < 1.29 is 4.79 Å². The molecule has 2 fully saturated rings. The van der Waals surface area contributed by atoms with Gasteiger partial charge < -0.3 is 10.6 Å². The molecule has 2 rings (SSSR count). The Kier molecular flexibility index (Phi) is 5.05. The van der Waals surface area contributed by atoms with E-state index in [1.54, 1.807) is 0 Å². The summed E-state index contributed by atoms with van der Waals surface area (Å²) in [5.74, 6) is 0.903. The summed E-state index contributed by atoms with van der Waals surface area (Å²) in [7, 11) is 1.96. The van der Waals surface area contributed by atoms with Crippen LogP contribution in [0.15, 0.2) is 0 Å². The fourth-order valence-corrected chi connectivity index (χ4v) is 4.27. The Bertz CT molecular complexity index is 377. The first-order chi connectivity index (χ1) is 9.47. The second-order valence-corrected chi connectivity index (χ2v) is 7.29. The van der Waals surface area contributed by atoms with E-state index in [1.165, 1.54) is 19.3 Å². The van der Waals surface area contributed by atoms with Crippen LogP contribution in [-0.2, 0) is 4.79 Å². The summed E-state index contributed by atoms with van der Waals surface area (Å²) >= 11 is 5.28. The van der Waals surface area contributed by atoms with Crippen molar-refractivity contribution in [3.8, 4) is 0 Å². The van der Waals surface area contributed by atoms with Crippen LogP contribution in [0.3, 0.4) is 0 Å². The molecule has 0 radical (unpaired) electrons. The van der Waals surface area contributed by atoms with Gasteiger partial charge in [0.05, 0.1) is 10.4 Å². The number of hydrogen-bond donors (Lipinski definition) is 1. The highest BCUT2D eigenvalue weighted by Crippen LogP contribution is 2.39. The van der Waals surface area contributed by atoms with Gasteiger partial charge in [-0.05, 0) is 31.6 Å². The van der Waals surface area contributed by atoms with E-state index in [1.807, 2.05) is 11.9 Å². The first-order valence-corrected chi connectivity index (χ1v) is 8.45. The van der Waals surface area contributed by atoms with Gasteiger partial charge in [-0.3, -0.25) is 4.79 Å². The molecule has 0 heterocycles. The molecule has 20 heavy (non-hydrogen) atoms. The molecular formula is C16H28N2OS. The lowest BCUT2D eigenvalue weighted by molar-refractivity contribution is -0.141. The molecule has 114 valence electrons. The summed E-state index contributed by atoms with van der Waals surface area (Å²) in [4.78, 5) is 15.4. The van der Waals surface area contributed by atoms with E-state index in [9.17, 15) is 4.79 Å². The summed E-state index contributed by atoms with van der Waals surface area (Å²) in [6, 6.07) is 0.374. The summed E-state index contributed by atoms with van der Waals surface area (Å²) in [5.41, 5.74) is 5.43. The molecule has 0 bridgehead atoms. The average molecular weight is 296 g/mol. The second kappa shape index (κ2) is 6.42. The predicted molar refractivity (Wildman–Crippen MR) is 86.5 cm³/mol. The molecule has 0 aromatic carbocycles. The molecule has 2 aliphatic carbocycles. The number of carbonyl (C=O) groups is 1. The molecule has 2 atom stereocenters. The van der Waals surface area contributed by atoms with Crippen LogP contribution in [0.5, 0.6) is 0 Å². The maximum absolute atomic E-state index is 13.0. The Morgan fingerprint density at radius 2 is 1.85 bits per heavy atom. The van der Waals surface area contributed by atoms with Crippen molar-refractivity contribution in [1.82, 2.24) is 4.90 Å². The maximum Gasteiger partial charge on any atom is 0.235 e. The quantitative estimate of drug-likeness (QED) is 0.813. The average Bonchev–Trinajstić information content (AvgIpc) is 2.46. The molecule has 0 aromatic heterocycles. The van der Waals surface area contributed by atoms with Crippen molar-refractivity contribution in [3.05, 3.63) is 0 Å². The molecule has 2 unspecified atom stereocenters. The topological polar surface area (TPSA) is 46.3 Å². The van der Waals surface area contributed by atoms with E-state index in [-0.39, 0.29) is 5.91 Å². The van der Waals surface area contributed by atoms with E-state index in [2.05, 4.69) is 6.92 Å². The maximum atomic E-state index is 13.0. The van der Waals surface area contributed by atoms with E-state index in [4.69, 9.17) is 18.0 Å². The lowest BCUT2D eigenvalue weighted by atomic mass is 9.72. The fraction of sp³-hybridized carbons (Fsp3) is 0.875. The third-order valence-corrected chi connectivity index (χ3v) is 5.76. The highest BCUT2D eigenvalue weighted by atomic mass is 32.1. The molecule has 1 amide bonds. The fourth-order valence-electron chi connectivity index (χ4n) is 3.98. The lowest BCUT2D eigenvalue weighted by Gasteiger charge is -2.42. The zero-order valence-electron chi connectivity index (χ0n) is 12.9. The Labute approximate surface area is 128 Å². The number of thiocarbonyl (C=S) groups is 1. The van der Waals surface area contributed by atoms with Crippen LogP contribution in [0, 0.1) is 11.3 Å². The van der Waals surface area contributed by atoms with Gasteiger partial charge in [0, 0.05) is 13.1 Å². The molecule has 0 saturated heterocycles. The molecule has 3 nitrogen and oxygen atoms in total. The Balaban J connectivity index is 2.12. The van der Waals surface area contributed by atoms with Crippen molar-refractivity contribution >= 4 is 23.1 Å². The summed E-state index contributed by atoms with van der Waals surface area (Å²) < 4.78 is 0. The number of rotatable bonds is 3. The first kappa shape index (κ1) is 15.7. The van der Waals surface area contributed by atoms with Gasteiger partial charge in [-0.15, -0.1) is 0 Å². The zero-order chi connectivity index (χ0) is 14.8. The monoisotopic (exact) mass is 296 g/mol. The van der Waals surface area contributed by atoms with Crippen molar-refractivity contribution in [2.45, 2.75) is 70.8 Å². The molecule has 0 spiro atoms. The SMILES string of the molecule is CC1CCCC(N(C)C(=O)C2(C(N)=S)CCCCC2)C1. The van der Waals surface area contributed by atoms with Crippen molar-refractivity contribution in [1.29, 1.82) is 0 Å². The van der Waals surface area contributed by atoms with Gasteiger partial charge in [0.2, 0.25) is 5.91 Å². The zero-order valence-corrected chi connectivity index (χ0v) is 13.7. The first-order valence-electron chi connectivity index (χ1n) is 8.04. The second-order valence-electron chi connectivity index (χ2n) is 6.85. The highest BCUT2D eigenvalue weighted by Gasteiger charge is 2.45. The van der Waals surface area contributed by atoms with Gasteiger partial charge >= 0.3 is 0 Å². The summed E-state index contributed by atoms with van der Waals surface area (Å²) in [6.07, 6.45) is 9.78. The molecule has 0 aliphatic heterocycles. The van der Waals surface area contributed by atoms with Gasteiger partial charge in [-0.1, -0.05) is 51.2 Å². The number of hydrogen-bond acceptors (Lipinski definition) is 2. The van der Waals surface area contributed by atoms with Crippen LogP contribution in [0.4, 0.5) is 0 Å². The number of carbonyl (C=O) groups excluding carboxylic acids is 1. The van der Waals surface area contributed by atoms with Gasteiger partial charge in [0.25, 0.3) is 0 Å². The van der Waals surface area contributed by atoms with Crippen LogP contribution >= 0.6 is 12.2 Å². The predicted octanol–water partition coefficient (Wildman–Crippen LogP) is 3.26. The molecule has 2 saturated carbocycles. The number of nitrogens with two attached hydrogens (primary N) is 1. The smallest absolute Gasteiger partial charge is 0.235 e. The highest BCUT2D eigenvalue weighted by molar-refractivity contribution is 7.80. The van der Waals surface area contributed by atoms with Crippen molar-refractivity contribution in [2.24, 2.45) is 17.1 Å². The van der Waals surface area contributed by atoms with Crippen LogP contribution in [0.2, 0.25) is 0 Å².